The lowest BCUT2D eigenvalue weighted by Crippen LogP contribution is -2.68. The Hall–Kier alpha value is -5.24. The molecule has 1 aliphatic heterocycles. The van der Waals surface area contributed by atoms with Crippen LogP contribution < -0.4 is 29.6 Å². The molecule has 7 rings (SSSR count). The van der Waals surface area contributed by atoms with E-state index in [1.807, 2.05) is 0 Å². The van der Waals surface area contributed by atoms with E-state index in [1.165, 1.54) is 20.7 Å². The molecule has 266 valence electrons. The fourth-order valence-corrected chi connectivity index (χ4v) is 16.7. The molecule has 1 aliphatic rings. The van der Waals surface area contributed by atoms with Crippen LogP contribution in [0.2, 0.25) is 10.1 Å². The summed E-state index contributed by atoms with van der Waals surface area (Å²) in [7, 11) is -5.43. The summed E-state index contributed by atoms with van der Waals surface area (Å²) in [6.45, 7) is 13.8. The van der Waals surface area contributed by atoms with E-state index in [0.717, 1.165) is 40.5 Å². The summed E-state index contributed by atoms with van der Waals surface area (Å²) in [5, 5.41) is 4.83. The maximum Gasteiger partial charge on any atom is 0.319 e. The average Bonchev–Trinajstić information content (AvgIpc) is 3.67. The number of aliphatic imine (C=N–C) groups is 1. The van der Waals surface area contributed by atoms with Gasteiger partial charge in [0.2, 0.25) is 0 Å². The van der Waals surface area contributed by atoms with Gasteiger partial charge in [-0.05, 0) is 84.9 Å². The number of hydrogen-bond acceptors (Lipinski definition) is 3. The van der Waals surface area contributed by atoms with Crippen LogP contribution >= 0.6 is 0 Å². The van der Waals surface area contributed by atoms with Crippen molar-refractivity contribution in [2.75, 3.05) is 0 Å². The van der Waals surface area contributed by atoms with Crippen LogP contribution in [0.1, 0.15) is 59.1 Å². The summed E-state index contributed by atoms with van der Waals surface area (Å²) in [6, 6.07) is 60.2. The molecule has 0 radical (unpaired) electrons. The third-order valence-corrected chi connectivity index (χ3v) is 20.4. The summed E-state index contributed by atoms with van der Waals surface area (Å²) in [4.78, 5) is 5.12. The van der Waals surface area contributed by atoms with E-state index in [9.17, 15) is 0 Å². The molecule has 1 heterocycles. The number of hydrogen-bond donors (Lipinski definition) is 0. The van der Waals surface area contributed by atoms with Gasteiger partial charge < -0.3 is 8.85 Å². The summed E-state index contributed by atoms with van der Waals surface area (Å²) in [5.41, 5.74) is 4.24. The molecule has 0 saturated carbocycles. The Bertz CT molecular complexity index is 2110. The highest BCUT2D eigenvalue weighted by Crippen LogP contribution is 2.39. The molecular weight excluding hydrogens is 679 g/mol. The molecule has 0 bridgehead atoms. The molecule has 0 aromatic heterocycles. The summed E-state index contributed by atoms with van der Waals surface area (Å²) >= 11 is 0. The molecular formula is C48H49NO2Si2. The molecule has 0 saturated heterocycles. The van der Waals surface area contributed by atoms with Crippen LogP contribution in [0.15, 0.2) is 181 Å². The maximum absolute atomic E-state index is 7.25. The van der Waals surface area contributed by atoms with E-state index >= 15 is 0 Å². The highest BCUT2D eigenvalue weighted by Gasteiger charge is 2.53. The summed E-state index contributed by atoms with van der Waals surface area (Å²) in [5.74, 6) is 1.76. The van der Waals surface area contributed by atoms with Crippen LogP contribution in [0, 0.1) is 0 Å². The molecule has 53 heavy (non-hydrogen) atoms. The summed E-state index contributed by atoms with van der Waals surface area (Å²) in [6.07, 6.45) is 3.00. The Morgan fingerprint density at radius 1 is 0.415 bits per heavy atom. The predicted molar refractivity (Wildman–Crippen MR) is 229 cm³/mol. The first-order valence-electron chi connectivity index (χ1n) is 18.6. The Morgan fingerprint density at radius 2 is 0.736 bits per heavy atom. The van der Waals surface area contributed by atoms with Crippen LogP contribution in [-0.4, -0.2) is 22.3 Å². The predicted octanol–water partition coefficient (Wildman–Crippen LogP) is 9.80. The monoisotopic (exact) mass is 727 g/mol. The molecule has 0 aliphatic carbocycles. The molecule has 6 aromatic rings. The first kappa shape index (κ1) is 36.1. The third-order valence-electron chi connectivity index (χ3n) is 10.5. The molecule has 0 atom stereocenters. The third kappa shape index (κ3) is 6.99. The minimum absolute atomic E-state index is 0.108. The number of rotatable bonds is 10. The van der Waals surface area contributed by atoms with Crippen molar-refractivity contribution in [3.63, 3.8) is 0 Å². The molecule has 5 heteroatoms. The van der Waals surface area contributed by atoms with Crippen LogP contribution in [0.4, 0.5) is 0 Å². The van der Waals surface area contributed by atoms with E-state index in [0.29, 0.717) is 0 Å². The molecule has 0 N–H and O–H groups in total. The highest BCUT2D eigenvalue weighted by atomic mass is 28.4. The lowest BCUT2D eigenvalue weighted by molar-refractivity contribution is 0.508. The van der Waals surface area contributed by atoms with Gasteiger partial charge in [0.05, 0.1) is 11.4 Å². The van der Waals surface area contributed by atoms with Gasteiger partial charge in [-0.2, -0.15) is 0 Å². The molecule has 0 amide bonds. The first-order chi connectivity index (χ1) is 25.5. The van der Waals surface area contributed by atoms with Gasteiger partial charge >= 0.3 is 16.6 Å². The Labute approximate surface area is 318 Å². The van der Waals surface area contributed by atoms with Gasteiger partial charge in [-0.1, -0.05) is 169 Å². The number of nitrogens with zero attached hydrogens (tertiary/aromatic N) is 1. The minimum Gasteiger partial charge on any atom is -0.534 e. The second-order valence-corrected chi connectivity index (χ2v) is 24.4. The molecule has 0 spiro atoms. The normalized spacial score (nSPS) is 13.6. The largest absolute Gasteiger partial charge is 0.534 e. The lowest BCUT2D eigenvalue weighted by atomic mass is 10.1. The number of benzene rings is 6. The quantitative estimate of drug-likeness (QED) is 0.132. The fraction of sp³-hybridized carbons (Fsp3) is 0.188. The van der Waals surface area contributed by atoms with E-state index in [4.69, 9.17) is 13.8 Å². The van der Waals surface area contributed by atoms with Crippen LogP contribution in [0.25, 0.3) is 5.70 Å². The summed E-state index contributed by atoms with van der Waals surface area (Å²) < 4.78 is 14.5. The van der Waals surface area contributed by atoms with Crippen molar-refractivity contribution in [1.82, 2.24) is 0 Å². The lowest BCUT2D eigenvalue weighted by Gasteiger charge is -2.43. The van der Waals surface area contributed by atoms with Gasteiger partial charge in [-0.3, -0.25) is 4.99 Å². The van der Waals surface area contributed by atoms with Gasteiger partial charge in [0, 0.05) is 12.0 Å². The second-order valence-electron chi connectivity index (χ2n) is 15.9. The Kier molecular flexibility index (Phi) is 9.99. The SMILES string of the molecule is CC(C)(C)[Si](Oc1ccc(C2=CCC(c3ccc(O[Si](c4ccccc4)(c4ccccc4)C(C)(C)C)cc3)=N2)cc1)(c1ccccc1)c1ccccc1. The van der Waals surface area contributed by atoms with Crippen molar-refractivity contribution in [2.45, 2.75) is 58.0 Å². The molecule has 6 aromatic carbocycles. The fourth-order valence-electron chi connectivity index (χ4n) is 7.86. The minimum atomic E-state index is -2.71. The smallest absolute Gasteiger partial charge is 0.319 e. The van der Waals surface area contributed by atoms with Crippen LogP contribution in [-0.2, 0) is 0 Å². The second kappa shape index (κ2) is 14.6. The van der Waals surface area contributed by atoms with Crippen molar-refractivity contribution in [3.05, 3.63) is 187 Å². The topological polar surface area (TPSA) is 30.8 Å². The van der Waals surface area contributed by atoms with Crippen LogP contribution in [0.5, 0.6) is 11.5 Å². The van der Waals surface area contributed by atoms with Crippen LogP contribution in [0.3, 0.4) is 0 Å². The first-order valence-corrected chi connectivity index (χ1v) is 22.4. The van der Waals surface area contributed by atoms with E-state index < -0.39 is 16.6 Å². The van der Waals surface area contributed by atoms with Crippen molar-refractivity contribution in [2.24, 2.45) is 4.99 Å². The Balaban J connectivity index is 1.13. The molecule has 0 unspecified atom stereocenters. The zero-order valence-electron chi connectivity index (χ0n) is 31.7. The van der Waals surface area contributed by atoms with Crippen molar-refractivity contribution >= 4 is 48.8 Å². The Morgan fingerprint density at radius 3 is 1.06 bits per heavy atom. The standard InChI is InChI=1S/C48H49NO2Si2/c1-47(2,3)52(41-19-11-7-12-20-41,42-21-13-8-14-22-42)50-39-31-27-37(28-32-39)45-35-36-46(49-45)38-29-33-40(34-30-38)51-53(48(4,5)6,43-23-15-9-16-24-43)44-25-17-10-18-26-44/h7-35H,36H2,1-6H3. The van der Waals surface area contributed by atoms with Crippen molar-refractivity contribution in [3.8, 4) is 11.5 Å². The average molecular weight is 728 g/mol. The number of allylic oxidation sites excluding steroid dienone is 1. The molecule has 0 fully saturated rings. The van der Waals surface area contributed by atoms with Crippen molar-refractivity contribution < 1.29 is 8.85 Å². The van der Waals surface area contributed by atoms with Gasteiger partial charge in [0.25, 0.3) is 0 Å². The van der Waals surface area contributed by atoms with Gasteiger partial charge in [0.15, 0.2) is 0 Å². The zero-order chi connectivity index (χ0) is 37.1. The molecule has 3 nitrogen and oxygen atoms in total. The van der Waals surface area contributed by atoms with E-state index in [-0.39, 0.29) is 10.1 Å². The van der Waals surface area contributed by atoms with Crippen molar-refractivity contribution in [1.29, 1.82) is 0 Å². The maximum atomic E-state index is 7.25. The van der Waals surface area contributed by atoms with E-state index in [1.54, 1.807) is 0 Å². The van der Waals surface area contributed by atoms with Gasteiger partial charge in [0.1, 0.15) is 11.5 Å². The van der Waals surface area contributed by atoms with E-state index in [2.05, 4.69) is 217 Å². The highest BCUT2D eigenvalue weighted by molar-refractivity contribution is 7.00. The van der Waals surface area contributed by atoms with Gasteiger partial charge in [-0.25, -0.2) is 0 Å². The van der Waals surface area contributed by atoms with Gasteiger partial charge in [-0.15, -0.1) is 0 Å². The zero-order valence-corrected chi connectivity index (χ0v) is 33.7.